The van der Waals surface area contributed by atoms with E-state index in [9.17, 15) is 18.8 Å². The van der Waals surface area contributed by atoms with Crippen LogP contribution in [0.5, 0.6) is 0 Å². The molecule has 2 aliphatic heterocycles. The molecule has 1 aromatic rings. The minimum absolute atomic E-state index is 0.0473. The van der Waals surface area contributed by atoms with Crippen LogP contribution >= 0.6 is 0 Å². The summed E-state index contributed by atoms with van der Waals surface area (Å²) in [5, 5.41) is 4.67. The zero-order valence-electron chi connectivity index (χ0n) is 22.0. The second-order valence-corrected chi connectivity index (χ2v) is 11.6. The van der Waals surface area contributed by atoms with Crippen molar-refractivity contribution in [2.24, 2.45) is 17.8 Å². The first kappa shape index (κ1) is 25.9. The minimum atomic E-state index is -0.619. The summed E-state index contributed by atoms with van der Waals surface area (Å²) in [7, 11) is 0. The van der Waals surface area contributed by atoms with Crippen LogP contribution in [0.15, 0.2) is 24.3 Å². The molecule has 0 aromatic heterocycles. The molecule has 1 aromatic carbocycles. The normalized spacial score (nSPS) is 28.5. The van der Waals surface area contributed by atoms with Crippen molar-refractivity contribution in [1.29, 1.82) is 0 Å². The Morgan fingerprint density at radius 2 is 1.86 bits per heavy atom. The minimum Gasteiger partial charge on any atom is -0.353 e. The molecule has 4 unspecified atom stereocenters. The standard InChI is InChI=1S/C28H40FN5O3/c1-18(2)14-15-32-26(36)22-13-12-19(25(35)30-21-9-4-3-5-10-21)16-24(22)34-27(32)31-33(28(34)37)17-20-8-6-7-11-23(20)29/h6-8,11,18-19,21-22,24,27,31H,3-5,9-10,12-17H2,1-2H3,(H,30,35). The lowest BCUT2D eigenvalue weighted by molar-refractivity contribution is -0.159. The van der Waals surface area contributed by atoms with Crippen molar-refractivity contribution in [1.82, 2.24) is 25.6 Å². The smallest absolute Gasteiger partial charge is 0.337 e. The molecule has 0 bridgehead atoms. The zero-order chi connectivity index (χ0) is 26.1. The molecule has 4 fully saturated rings. The summed E-state index contributed by atoms with van der Waals surface area (Å²) in [5.74, 6) is -0.395. The van der Waals surface area contributed by atoms with Crippen LogP contribution in [0.4, 0.5) is 9.18 Å². The number of hydrazine groups is 1. The number of carbonyl (C=O) groups is 3. The van der Waals surface area contributed by atoms with Crippen molar-refractivity contribution in [3.05, 3.63) is 35.6 Å². The number of carbonyl (C=O) groups excluding carboxylic acids is 3. The van der Waals surface area contributed by atoms with Crippen LogP contribution in [0, 0.1) is 23.6 Å². The highest BCUT2D eigenvalue weighted by Crippen LogP contribution is 2.41. The number of rotatable bonds is 7. The summed E-state index contributed by atoms with van der Waals surface area (Å²) in [5.41, 5.74) is 3.62. The molecule has 2 aliphatic carbocycles. The number of hydrogen-bond acceptors (Lipinski definition) is 4. The van der Waals surface area contributed by atoms with E-state index in [-0.39, 0.29) is 54.1 Å². The largest absolute Gasteiger partial charge is 0.353 e. The maximum Gasteiger partial charge on any atom is 0.337 e. The molecule has 202 valence electrons. The molecular weight excluding hydrogens is 473 g/mol. The van der Waals surface area contributed by atoms with E-state index in [1.807, 2.05) is 0 Å². The molecule has 9 heteroatoms. The Labute approximate surface area is 218 Å². The fraction of sp³-hybridized carbons (Fsp3) is 0.679. The Morgan fingerprint density at radius 3 is 2.59 bits per heavy atom. The number of benzene rings is 1. The number of nitrogens with one attached hydrogen (secondary N) is 2. The predicted molar refractivity (Wildman–Crippen MR) is 137 cm³/mol. The van der Waals surface area contributed by atoms with Crippen LogP contribution < -0.4 is 10.7 Å². The second kappa shape index (κ2) is 11.0. The quantitative estimate of drug-likeness (QED) is 0.578. The first-order valence-corrected chi connectivity index (χ1v) is 14.0. The van der Waals surface area contributed by atoms with E-state index in [1.54, 1.807) is 28.0 Å². The third-order valence-electron chi connectivity index (χ3n) is 8.61. The lowest BCUT2D eigenvalue weighted by Crippen LogP contribution is -2.67. The van der Waals surface area contributed by atoms with E-state index in [0.29, 0.717) is 37.3 Å². The van der Waals surface area contributed by atoms with E-state index >= 15 is 0 Å². The Bertz CT molecular complexity index is 1010. The average molecular weight is 514 g/mol. The van der Waals surface area contributed by atoms with Crippen LogP contribution in [0.1, 0.15) is 77.2 Å². The highest BCUT2D eigenvalue weighted by molar-refractivity contribution is 5.87. The monoisotopic (exact) mass is 513 g/mol. The van der Waals surface area contributed by atoms with Crippen molar-refractivity contribution in [2.45, 2.75) is 96.6 Å². The summed E-state index contributed by atoms with van der Waals surface area (Å²) in [4.78, 5) is 44.2. The highest BCUT2D eigenvalue weighted by atomic mass is 19.1. The lowest BCUT2D eigenvalue weighted by atomic mass is 9.75. The predicted octanol–water partition coefficient (Wildman–Crippen LogP) is 3.97. The van der Waals surface area contributed by atoms with Gasteiger partial charge in [0, 0.05) is 30.1 Å². The molecule has 37 heavy (non-hydrogen) atoms. The van der Waals surface area contributed by atoms with Crippen LogP contribution in [0.2, 0.25) is 0 Å². The van der Waals surface area contributed by atoms with Gasteiger partial charge in [0.05, 0.1) is 12.5 Å². The van der Waals surface area contributed by atoms with Crippen molar-refractivity contribution < 1.29 is 18.8 Å². The maximum absolute atomic E-state index is 14.4. The average Bonchev–Trinajstić information content (AvgIpc) is 3.21. The van der Waals surface area contributed by atoms with E-state index in [0.717, 1.165) is 32.1 Å². The fourth-order valence-electron chi connectivity index (χ4n) is 6.46. The number of nitrogens with zero attached hydrogens (tertiary/aromatic N) is 3. The van der Waals surface area contributed by atoms with Gasteiger partial charge in [-0.2, -0.15) is 5.43 Å². The van der Waals surface area contributed by atoms with E-state index in [2.05, 4.69) is 24.6 Å². The summed E-state index contributed by atoms with van der Waals surface area (Å²) in [6, 6.07) is 6.04. The van der Waals surface area contributed by atoms with Gasteiger partial charge in [-0.15, -0.1) is 0 Å². The van der Waals surface area contributed by atoms with Gasteiger partial charge in [-0.25, -0.2) is 9.18 Å². The van der Waals surface area contributed by atoms with Gasteiger partial charge in [0.25, 0.3) is 0 Å². The van der Waals surface area contributed by atoms with Crippen LogP contribution in [-0.2, 0) is 16.1 Å². The molecule has 8 nitrogen and oxygen atoms in total. The Balaban J connectivity index is 1.36. The lowest BCUT2D eigenvalue weighted by Gasteiger charge is -2.50. The van der Waals surface area contributed by atoms with Crippen molar-refractivity contribution in [2.75, 3.05) is 6.54 Å². The Kier molecular flexibility index (Phi) is 7.70. The number of fused-ring (bicyclic) bond motifs is 3. The molecule has 4 amide bonds. The van der Waals surface area contributed by atoms with E-state index in [1.165, 1.54) is 17.5 Å². The molecule has 5 rings (SSSR count). The second-order valence-electron chi connectivity index (χ2n) is 11.6. The Hall–Kier alpha value is -2.68. The fourth-order valence-corrected chi connectivity index (χ4v) is 6.46. The van der Waals surface area contributed by atoms with Gasteiger partial charge in [-0.05, 0) is 50.5 Å². The third kappa shape index (κ3) is 5.33. The maximum atomic E-state index is 14.4. The molecule has 4 atom stereocenters. The number of halogens is 1. The van der Waals surface area contributed by atoms with Crippen LogP contribution in [0.3, 0.4) is 0 Å². The molecule has 2 N–H and O–H groups in total. The van der Waals surface area contributed by atoms with Crippen molar-refractivity contribution in [3.63, 3.8) is 0 Å². The molecule has 2 heterocycles. The van der Waals surface area contributed by atoms with Crippen LogP contribution in [0.25, 0.3) is 0 Å². The molecule has 0 spiro atoms. The molecular formula is C28H40FN5O3. The highest BCUT2D eigenvalue weighted by Gasteiger charge is 2.56. The van der Waals surface area contributed by atoms with Gasteiger partial charge in [0.15, 0.2) is 6.29 Å². The summed E-state index contributed by atoms with van der Waals surface area (Å²) < 4.78 is 14.4. The van der Waals surface area contributed by atoms with E-state index in [4.69, 9.17) is 0 Å². The molecule has 2 saturated heterocycles. The van der Waals surface area contributed by atoms with Gasteiger partial charge >= 0.3 is 6.03 Å². The van der Waals surface area contributed by atoms with Crippen molar-refractivity contribution in [3.8, 4) is 0 Å². The molecule has 0 radical (unpaired) electrons. The van der Waals surface area contributed by atoms with Gasteiger partial charge in [-0.3, -0.25) is 19.5 Å². The van der Waals surface area contributed by atoms with Crippen LogP contribution in [-0.4, -0.2) is 57.6 Å². The molecule has 4 aliphatic rings. The number of hydrogen-bond donors (Lipinski definition) is 2. The van der Waals surface area contributed by atoms with Gasteiger partial charge < -0.3 is 10.2 Å². The van der Waals surface area contributed by atoms with Gasteiger partial charge in [-0.1, -0.05) is 51.3 Å². The zero-order valence-corrected chi connectivity index (χ0v) is 22.0. The van der Waals surface area contributed by atoms with Gasteiger partial charge in [0.1, 0.15) is 5.82 Å². The SMILES string of the molecule is CC(C)CCN1C(=O)C2CCC(C(=O)NC3CCCCC3)CC2N2C(=O)N(Cc3ccccc3F)NC12. The Morgan fingerprint density at radius 1 is 1.11 bits per heavy atom. The number of urea groups is 1. The topological polar surface area (TPSA) is 85.0 Å². The van der Waals surface area contributed by atoms with Crippen molar-refractivity contribution >= 4 is 17.8 Å². The first-order chi connectivity index (χ1) is 17.8. The van der Waals surface area contributed by atoms with E-state index < -0.39 is 6.29 Å². The third-order valence-corrected chi connectivity index (χ3v) is 8.61. The summed E-state index contributed by atoms with van der Waals surface area (Å²) in [6.07, 6.45) is 7.49. The van der Waals surface area contributed by atoms with Gasteiger partial charge in [0.2, 0.25) is 11.8 Å². The molecule has 2 saturated carbocycles. The summed E-state index contributed by atoms with van der Waals surface area (Å²) in [6.45, 7) is 4.83. The number of amides is 4. The summed E-state index contributed by atoms with van der Waals surface area (Å²) >= 11 is 0. The first-order valence-electron chi connectivity index (χ1n) is 14.0.